The third-order valence-corrected chi connectivity index (χ3v) is 6.22. The van der Waals surface area contributed by atoms with E-state index in [4.69, 9.17) is 4.74 Å². The second-order valence-electron chi connectivity index (χ2n) is 7.33. The molecule has 1 aliphatic heterocycles. The summed E-state index contributed by atoms with van der Waals surface area (Å²) in [5.74, 6) is 1.21. The number of rotatable bonds is 5. The van der Waals surface area contributed by atoms with Gasteiger partial charge in [0.05, 0.1) is 12.6 Å². The number of amidine groups is 1. The second-order valence-corrected chi connectivity index (χ2v) is 8.95. The number of nitrogens with one attached hydrogen (secondary N) is 1. The normalized spacial score (nSPS) is 17.3. The number of aryl methyl sites for hydroxylation is 2. The van der Waals surface area contributed by atoms with Gasteiger partial charge in [0, 0.05) is 5.57 Å². The molecule has 3 rings (SSSR count). The Morgan fingerprint density at radius 1 is 1.00 bits per heavy atom. The van der Waals surface area contributed by atoms with Crippen LogP contribution >= 0.6 is 0 Å². The lowest BCUT2D eigenvalue weighted by atomic mass is 10.0. The lowest BCUT2D eigenvalue weighted by Crippen LogP contribution is -2.23. The predicted octanol–water partition coefficient (Wildman–Crippen LogP) is 4.35. The maximum Gasteiger partial charge on any atom is 0.264 e. The molecule has 0 bridgehead atoms. The van der Waals surface area contributed by atoms with E-state index in [1.54, 1.807) is 6.92 Å². The van der Waals surface area contributed by atoms with E-state index in [1.807, 2.05) is 70.2 Å². The van der Waals surface area contributed by atoms with Gasteiger partial charge < -0.3 is 4.74 Å². The van der Waals surface area contributed by atoms with Gasteiger partial charge in [0.15, 0.2) is 0 Å². The maximum atomic E-state index is 12.7. The van der Waals surface area contributed by atoms with Gasteiger partial charge in [-0.25, -0.2) is 8.42 Å². The molecule has 0 radical (unpaired) electrons. The zero-order chi connectivity index (χ0) is 20.5. The molecule has 0 atom stereocenters. The minimum Gasteiger partial charge on any atom is -0.491 e. The lowest BCUT2D eigenvalue weighted by molar-refractivity contribution is 0.242. The van der Waals surface area contributed by atoms with Crippen molar-refractivity contribution in [3.05, 3.63) is 70.3 Å². The highest BCUT2D eigenvalue weighted by Crippen LogP contribution is 2.31. The molecular weight excluding hydrogens is 372 g/mol. The van der Waals surface area contributed by atoms with Gasteiger partial charge in [0.2, 0.25) is 0 Å². The minimum atomic E-state index is -3.61. The van der Waals surface area contributed by atoms with Crippen LogP contribution in [0.1, 0.15) is 43.0 Å². The zero-order valence-electron chi connectivity index (χ0n) is 16.9. The standard InChI is InChI=1S/C22H26N2O3S/c1-14(2)27-20-10-7-18(8-11-20)13-23-22-17(5)21(28(25,26)24-22)19-9-6-15(3)16(4)12-19/h6-12,14H,13H2,1-5H3,(H,23,24). The Bertz CT molecular complexity index is 1050. The molecule has 1 N–H and O–H groups in total. The van der Waals surface area contributed by atoms with Crippen LogP contribution in [0.4, 0.5) is 0 Å². The van der Waals surface area contributed by atoms with Crippen LogP contribution in [0, 0.1) is 13.8 Å². The molecule has 148 valence electrons. The Kier molecular flexibility index (Phi) is 5.61. The van der Waals surface area contributed by atoms with Gasteiger partial charge in [-0.1, -0.05) is 30.3 Å². The summed E-state index contributed by atoms with van der Waals surface area (Å²) in [5.41, 5.74) is 4.50. The number of benzene rings is 2. The Hall–Kier alpha value is -2.60. The number of hydrogen-bond acceptors (Lipinski definition) is 4. The van der Waals surface area contributed by atoms with Gasteiger partial charge in [0.25, 0.3) is 10.0 Å². The van der Waals surface area contributed by atoms with E-state index < -0.39 is 10.0 Å². The van der Waals surface area contributed by atoms with E-state index in [0.717, 1.165) is 22.4 Å². The van der Waals surface area contributed by atoms with Crippen molar-refractivity contribution in [2.75, 3.05) is 0 Å². The van der Waals surface area contributed by atoms with Crippen LogP contribution in [0.3, 0.4) is 0 Å². The van der Waals surface area contributed by atoms with Crippen LogP contribution in [0.25, 0.3) is 4.91 Å². The van der Waals surface area contributed by atoms with E-state index >= 15 is 0 Å². The van der Waals surface area contributed by atoms with E-state index in [2.05, 4.69) is 9.71 Å². The molecule has 0 aromatic heterocycles. The Labute approximate surface area is 167 Å². The molecule has 0 saturated carbocycles. The molecule has 5 nitrogen and oxygen atoms in total. The summed E-state index contributed by atoms with van der Waals surface area (Å²) in [6.07, 6.45) is 0.121. The summed E-state index contributed by atoms with van der Waals surface area (Å²) in [6.45, 7) is 10.1. The summed E-state index contributed by atoms with van der Waals surface area (Å²) in [5, 5.41) is 0. The van der Waals surface area contributed by atoms with Crippen molar-refractivity contribution in [1.29, 1.82) is 0 Å². The van der Waals surface area contributed by atoms with Crippen molar-refractivity contribution in [2.24, 2.45) is 4.99 Å². The highest BCUT2D eigenvalue weighted by molar-refractivity contribution is 8.00. The fourth-order valence-electron chi connectivity index (χ4n) is 3.09. The van der Waals surface area contributed by atoms with Crippen LogP contribution in [-0.2, 0) is 16.6 Å². The lowest BCUT2D eigenvalue weighted by Gasteiger charge is -2.09. The molecule has 0 saturated heterocycles. The average molecular weight is 399 g/mol. The van der Waals surface area contributed by atoms with Crippen molar-refractivity contribution < 1.29 is 13.2 Å². The van der Waals surface area contributed by atoms with Gasteiger partial charge in [0.1, 0.15) is 16.5 Å². The summed E-state index contributed by atoms with van der Waals surface area (Å²) in [6, 6.07) is 13.4. The molecule has 0 spiro atoms. The third kappa shape index (κ3) is 4.28. The van der Waals surface area contributed by atoms with Gasteiger partial charge in [-0.05, 0) is 69.0 Å². The zero-order valence-corrected chi connectivity index (χ0v) is 17.7. The van der Waals surface area contributed by atoms with E-state index in [1.165, 1.54) is 0 Å². The Balaban J connectivity index is 1.86. The van der Waals surface area contributed by atoms with Crippen LogP contribution < -0.4 is 9.46 Å². The fraction of sp³-hybridized carbons (Fsp3) is 0.318. The SMILES string of the molecule is CC1=C(c2ccc(C)c(C)c2)S(=O)(=O)NC1=NCc1ccc(OC(C)C)cc1. The van der Waals surface area contributed by atoms with E-state index in [9.17, 15) is 8.42 Å². The molecule has 0 amide bonds. The first-order chi connectivity index (χ1) is 13.2. The van der Waals surface area contributed by atoms with Gasteiger partial charge in [-0.2, -0.15) is 0 Å². The van der Waals surface area contributed by atoms with Crippen LogP contribution in [0.5, 0.6) is 5.75 Å². The molecule has 2 aromatic carbocycles. The topological polar surface area (TPSA) is 67.8 Å². The van der Waals surface area contributed by atoms with Crippen LogP contribution in [-0.4, -0.2) is 20.4 Å². The molecule has 1 aliphatic rings. The van der Waals surface area contributed by atoms with Crippen molar-refractivity contribution in [3.8, 4) is 5.75 Å². The Morgan fingerprint density at radius 3 is 2.29 bits per heavy atom. The monoisotopic (exact) mass is 398 g/mol. The third-order valence-electron chi connectivity index (χ3n) is 4.68. The van der Waals surface area contributed by atoms with Crippen LogP contribution in [0.15, 0.2) is 53.0 Å². The molecule has 1 heterocycles. The number of hydrogen-bond donors (Lipinski definition) is 1. The molecule has 0 fully saturated rings. The quantitative estimate of drug-likeness (QED) is 0.814. The van der Waals surface area contributed by atoms with Crippen molar-refractivity contribution >= 4 is 20.8 Å². The van der Waals surface area contributed by atoms with Gasteiger partial charge in [-0.15, -0.1) is 0 Å². The molecule has 0 unspecified atom stereocenters. The Morgan fingerprint density at radius 2 is 1.68 bits per heavy atom. The highest BCUT2D eigenvalue weighted by Gasteiger charge is 2.32. The largest absolute Gasteiger partial charge is 0.491 e. The smallest absolute Gasteiger partial charge is 0.264 e. The second kappa shape index (κ2) is 7.80. The first-order valence-corrected chi connectivity index (χ1v) is 10.8. The van der Waals surface area contributed by atoms with Crippen molar-refractivity contribution in [3.63, 3.8) is 0 Å². The summed E-state index contributed by atoms with van der Waals surface area (Å²) >= 11 is 0. The highest BCUT2D eigenvalue weighted by atomic mass is 32.2. The van der Waals surface area contributed by atoms with Crippen molar-refractivity contribution in [1.82, 2.24) is 4.72 Å². The first kappa shape index (κ1) is 20.1. The number of sulfonamides is 1. The molecular formula is C22H26N2O3S. The molecule has 2 aromatic rings. The predicted molar refractivity (Wildman–Crippen MR) is 114 cm³/mol. The van der Waals surface area contributed by atoms with E-state index in [-0.39, 0.29) is 6.10 Å². The summed E-state index contributed by atoms with van der Waals surface area (Å²) in [7, 11) is -3.61. The average Bonchev–Trinajstić information content (AvgIpc) is 2.85. The van der Waals surface area contributed by atoms with Gasteiger partial charge >= 0.3 is 0 Å². The molecule has 28 heavy (non-hydrogen) atoms. The van der Waals surface area contributed by atoms with Gasteiger partial charge in [-0.3, -0.25) is 9.71 Å². The molecule has 6 heteroatoms. The minimum absolute atomic E-state index is 0.121. The summed E-state index contributed by atoms with van der Waals surface area (Å²) in [4.78, 5) is 4.81. The number of nitrogens with zero attached hydrogens (tertiary/aromatic N) is 1. The fourth-order valence-corrected chi connectivity index (χ4v) is 4.60. The van der Waals surface area contributed by atoms with Crippen LogP contribution in [0.2, 0.25) is 0 Å². The first-order valence-electron chi connectivity index (χ1n) is 9.29. The number of ether oxygens (including phenoxy) is 1. The molecule has 0 aliphatic carbocycles. The summed E-state index contributed by atoms with van der Waals surface area (Å²) < 4.78 is 33.6. The van der Waals surface area contributed by atoms with E-state index in [0.29, 0.717) is 28.4 Å². The van der Waals surface area contributed by atoms with Crippen molar-refractivity contribution in [2.45, 2.75) is 47.3 Å². The maximum absolute atomic E-state index is 12.7. The number of aliphatic imine (C=N–C) groups is 1.